The fraction of sp³-hybridized carbons (Fsp3) is 0.0500. The zero-order chi connectivity index (χ0) is 20.1. The summed E-state index contributed by atoms with van der Waals surface area (Å²) in [7, 11) is -4.05. The van der Waals surface area contributed by atoms with Gasteiger partial charge < -0.3 is 5.32 Å². The highest BCUT2D eigenvalue weighted by atomic mass is 32.2. The van der Waals surface area contributed by atoms with E-state index in [1.54, 1.807) is 17.8 Å². The molecule has 0 radical (unpaired) electrons. The van der Waals surface area contributed by atoms with Gasteiger partial charge in [-0.05, 0) is 54.8 Å². The van der Waals surface area contributed by atoms with Gasteiger partial charge in [0.1, 0.15) is 5.82 Å². The molecule has 0 aliphatic rings. The average Bonchev–Trinajstić information content (AvgIpc) is 2.70. The second kappa shape index (κ2) is 8.45. The molecule has 0 aliphatic carbocycles. The molecule has 5 nitrogen and oxygen atoms in total. The van der Waals surface area contributed by atoms with Crippen molar-refractivity contribution in [3.05, 3.63) is 84.2 Å². The molecule has 0 saturated heterocycles. The summed E-state index contributed by atoms with van der Waals surface area (Å²) in [6.07, 6.45) is 1.93. The van der Waals surface area contributed by atoms with Crippen LogP contribution in [0.4, 0.5) is 15.8 Å². The number of hydrogen-bond donors (Lipinski definition) is 2. The van der Waals surface area contributed by atoms with E-state index in [-0.39, 0.29) is 16.1 Å². The zero-order valence-electron chi connectivity index (χ0n) is 14.8. The fourth-order valence-corrected chi connectivity index (χ4v) is 4.03. The van der Waals surface area contributed by atoms with E-state index in [9.17, 15) is 17.6 Å². The van der Waals surface area contributed by atoms with E-state index in [0.29, 0.717) is 5.69 Å². The Morgan fingerprint density at radius 3 is 2.46 bits per heavy atom. The quantitative estimate of drug-likeness (QED) is 0.576. The molecule has 3 aromatic rings. The Balaban J connectivity index is 1.83. The molecule has 0 unspecified atom stereocenters. The molecule has 0 atom stereocenters. The maximum absolute atomic E-state index is 13.8. The normalized spacial score (nSPS) is 11.1. The second-order valence-electron chi connectivity index (χ2n) is 5.80. The maximum atomic E-state index is 13.8. The Bertz CT molecular complexity index is 1120. The second-order valence-corrected chi connectivity index (χ2v) is 8.36. The number of halogens is 1. The number of para-hydroxylation sites is 1. The molecule has 0 aliphatic heterocycles. The van der Waals surface area contributed by atoms with E-state index in [1.165, 1.54) is 42.5 Å². The number of rotatable bonds is 6. The van der Waals surface area contributed by atoms with Crippen LogP contribution in [0.25, 0.3) is 0 Å². The number of nitrogens with one attached hydrogen (secondary N) is 2. The summed E-state index contributed by atoms with van der Waals surface area (Å²) in [5, 5.41) is 2.74. The lowest BCUT2D eigenvalue weighted by Crippen LogP contribution is -2.16. The third-order valence-electron chi connectivity index (χ3n) is 3.85. The third kappa shape index (κ3) is 4.71. The van der Waals surface area contributed by atoms with Gasteiger partial charge in [-0.25, -0.2) is 12.8 Å². The highest BCUT2D eigenvalue weighted by molar-refractivity contribution is 7.98. The molecular weight excluding hydrogens is 399 g/mol. The average molecular weight is 416 g/mol. The van der Waals surface area contributed by atoms with Crippen LogP contribution in [0.15, 0.2) is 82.6 Å². The summed E-state index contributed by atoms with van der Waals surface area (Å²) in [4.78, 5) is 13.4. The minimum atomic E-state index is -4.05. The van der Waals surface area contributed by atoms with Gasteiger partial charge in [0.25, 0.3) is 15.9 Å². The van der Waals surface area contributed by atoms with Crippen molar-refractivity contribution in [2.75, 3.05) is 16.3 Å². The summed E-state index contributed by atoms with van der Waals surface area (Å²) >= 11 is 1.54. The van der Waals surface area contributed by atoms with E-state index in [1.807, 2.05) is 24.5 Å². The van der Waals surface area contributed by atoms with Gasteiger partial charge in [0.15, 0.2) is 0 Å². The predicted octanol–water partition coefficient (Wildman–Crippen LogP) is 4.60. The molecule has 28 heavy (non-hydrogen) atoms. The highest BCUT2D eigenvalue weighted by Gasteiger charge is 2.18. The molecule has 1 amide bonds. The molecule has 8 heteroatoms. The number of benzene rings is 3. The molecule has 0 saturated carbocycles. The topological polar surface area (TPSA) is 75.3 Å². The van der Waals surface area contributed by atoms with E-state index < -0.39 is 21.7 Å². The number of thioether (sulfide) groups is 1. The van der Waals surface area contributed by atoms with E-state index in [0.717, 1.165) is 11.0 Å². The number of amides is 1. The number of anilines is 2. The lowest BCUT2D eigenvalue weighted by Gasteiger charge is -2.11. The van der Waals surface area contributed by atoms with Crippen LogP contribution in [0.5, 0.6) is 0 Å². The SMILES string of the molecule is CSc1cccc(NC(=O)c2cccc(S(=O)(=O)Nc3ccccc3F)c2)c1. The van der Waals surface area contributed by atoms with Crippen LogP contribution in [-0.4, -0.2) is 20.6 Å². The molecule has 0 bridgehead atoms. The molecule has 0 aromatic heterocycles. The van der Waals surface area contributed by atoms with Crippen LogP contribution in [0.1, 0.15) is 10.4 Å². The smallest absolute Gasteiger partial charge is 0.262 e. The van der Waals surface area contributed by atoms with Gasteiger partial charge in [-0.1, -0.05) is 24.3 Å². The lowest BCUT2D eigenvalue weighted by molar-refractivity contribution is 0.102. The zero-order valence-corrected chi connectivity index (χ0v) is 16.5. The molecular formula is C20H17FN2O3S2. The first-order chi connectivity index (χ1) is 13.4. The van der Waals surface area contributed by atoms with Gasteiger partial charge in [-0.15, -0.1) is 11.8 Å². The summed E-state index contributed by atoms with van der Waals surface area (Å²) in [5.74, 6) is -1.13. The van der Waals surface area contributed by atoms with Crippen LogP contribution in [0.3, 0.4) is 0 Å². The number of carbonyl (C=O) groups is 1. The van der Waals surface area contributed by atoms with Gasteiger partial charge >= 0.3 is 0 Å². The minimum absolute atomic E-state index is 0.138. The van der Waals surface area contributed by atoms with E-state index in [2.05, 4.69) is 10.0 Å². The first kappa shape index (κ1) is 19.9. The van der Waals surface area contributed by atoms with Crippen molar-refractivity contribution in [2.45, 2.75) is 9.79 Å². The van der Waals surface area contributed by atoms with Crippen LogP contribution < -0.4 is 10.0 Å². The number of hydrogen-bond acceptors (Lipinski definition) is 4. The Morgan fingerprint density at radius 2 is 1.71 bits per heavy atom. The first-order valence-electron chi connectivity index (χ1n) is 8.22. The maximum Gasteiger partial charge on any atom is 0.262 e. The summed E-state index contributed by atoms with van der Waals surface area (Å²) in [5.41, 5.74) is 0.617. The summed E-state index contributed by atoms with van der Waals surface area (Å²) < 4.78 is 41.1. The Morgan fingerprint density at radius 1 is 0.964 bits per heavy atom. The van der Waals surface area contributed by atoms with Gasteiger partial charge in [-0.3, -0.25) is 9.52 Å². The number of sulfonamides is 1. The van der Waals surface area contributed by atoms with Gasteiger partial charge in [0, 0.05) is 16.1 Å². The van der Waals surface area contributed by atoms with E-state index in [4.69, 9.17) is 0 Å². The van der Waals surface area contributed by atoms with Crippen molar-refractivity contribution in [1.29, 1.82) is 0 Å². The van der Waals surface area contributed by atoms with Crippen LogP contribution in [0.2, 0.25) is 0 Å². The molecule has 0 heterocycles. The van der Waals surface area contributed by atoms with Crippen LogP contribution in [0, 0.1) is 5.82 Å². The van der Waals surface area contributed by atoms with Gasteiger partial charge in [0.05, 0.1) is 10.6 Å². The van der Waals surface area contributed by atoms with Gasteiger partial charge in [-0.2, -0.15) is 0 Å². The van der Waals surface area contributed by atoms with Crippen molar-refractivity contribution < 1.29 is 17.6 Å². The summed E-state index contributed by atoms with van der Waals surface area (Å²) in [6.45, 7) is 0. The van der Waals surface area contributed by atoms with Crippen molar-refractivity contribution in [1.82, 2.24) is 0 Å². The highest BCUT2D eigenvalue weighted by Crippen LogP contribution is 2.22. The molecule has 144 valence electrons. The monoisotopic (exact) mass is 416 g/mol. The molecule has 2 N–H and O–H groups in total. The Kier molecular flexibility index (Phi) is 6.01. The molecule has 3 aromatic carbocycles. The predicted molar refractivity (Wildman–Crippen MR) is 110 cm³/mol. The van der Waals surface area contributed by atoms with Crippen molar-refractivity contribution in [3.8, 4) is 0 Å². The lowest BCUT2D eigenvalue weighted by atomic mass is 10.2. The Labute approximate surface area is 167 Å². The first-order valence-corrected chi connectivity index (χ1v) is 10.9. The van der Waals surface area contributed by atoms with Crippen LogP contribution >= 0.6 is 11.8 Å². The van der Waals surface area contributed by atoms with Crippen molar-refractivity contribution in [2.24, 2.45) is 0 Å². The number of carbonyl (C=O) groups excluding carboxylic acids is 1. The standard InChI is InChI=1S/C20H17FN2O3S2/c1-27-16-8-5-7-15(13-16)22-20(24)14-6-4-9-17(12-14)28(25,26)23-19-11-3-2-10-18(19)21/h2-13,23H,1H3,(H,22,24). The third-order valence-corrected chi connectivity index (χ3v) is 5.94. The van der Waals surface area contributed by atoms with Crippen molar-refractivity contribution in [3.63, 3.8) is 0 Å². The van der Waals surface area contributed by atoms with E-state index >= 15 is 0 Å². The largest absolute Gasteiger partial charge is 0.322 e. The van der Waals surface area contributed by atoms with Crippen molar-refractivity contribution >= 4 is 39.1 Å². The molecule has 0 spiro atoms. The minimum Gasteiger partial charge on any atom is -0.322 e. The fourth-order valence-electron chi connectivity index (χ4n) is 2.46. The Hall–Kier alpha value is -2.84. The molecule has 3 rings (SSSR count). The van der Waals surface area contributed by atoms with Gasteiger partial charge in [0.2, 0.25) is 0 Å². The molecule has 0 fully saturated rings. The van der Waals surface area contributed by atoms with Crippen LogP contribution in [-0.2, 0) is 10.0 Å². The summed E-state index contributed by atoms with van der Waals surface area (Å²) in [6, 6.07) is 18.3.